The first-order valence-electron chi connectivity index (χ1n) is 6.47. The van der Waals surface area contributed by atoms with E-state index in [1.54, 1.807) is 12.1 Å². The molecule has 18 heavy (non-hydrogen) atoms. The maximum atomic E-state index is 11.7. The van der Waals surface area contributed by atoms with E-state index in [1.807, 2.05) is 12.1 Å². The van der Waals surface area contributed by atoms with Gasteiger partial charge in [-0.15, -0.1) is 0 Å². The average molecular weight is 242 g/mol. The molecule has 1 aliphatic carbocycles. The van der Waals surface area contributed by atoms with Gasteiger partial charge in [0.15, 0.2) is 0 Å². The normalized spacial score (nSPS) is 15.8. The highest BCUT2D eigenvalue weighted by atomic mass is 16.1. The Kier molecular flexibility index (Phi) is 3.99. The zero-order chi connectivity index (χ0) is 13.0. The van der Waals surface area contributed by atoms with Crippen LogP contribution in [0.4, 0.5) is 0 Å². The first-order chi connectivity index (χ1) is 8.69. The van der Waals surface area contributed by atoms with Gasteiger partial charge < -0.3 is 5.32 Å². The highest BCUT2D eigenvalue weighted by Gasteiger charge is 2.28. The summed E-state index contributed by atoms with van der Waals surface area (Å²) in [7, 11) is 0. The molecular formula is C15H18N2O. The molecule has 1 aromatic rings. The summed E-state index contributed by atoms with van der Waals surface area (Å²) in [5.41, 5.74) is 1.76. The van der Waals surface area contributed by atoms with Gasteiger partial charge in [-0.05, 0) is 49.8 Å². The standard InChI is InChI=1S/C15H18N2O/c1-11(14-7-8-14)17-15(18)9-6-12-2-4-13(10-16)5-3-12/h2-5,11,14H,6-9H2,1H3,(H,17,18). The minimum atomic E-state index is 0.124. The lowest BCUT2D eigenvalue weighted by molar-refractivity contribution is -0.121. The van der Waals surface area contributed by atoms with E-state index >= 15 is 0 Å². The first-order valence-corrected chi connectivity index (χ1v) is 6.47. The number of amides is 1. The number of hydrogen-bond donors (Lipinski definition) is 1. The van der Waals surface area contributed by atoms with Crippen molar-refractivity contribution in [3.8, 4) is 6.07 Å². The number of carbonyl (C=O) groups excluding carboxylic acids is 1. The van der Waals surface area contributed by atoms with Crippen LogP contribution in [0.5, 0.6) is 0 Å². The van der Waals surface area contributed by atoms with E-state index in [1.165, 1.54) is 12.8 Å². The topological polar surface area (TPSA) is 52.9 Å². The Hall–Kier alpha value is -1.82. The Labute approximate surface area is 108 Å². The third-order valence-electron chi connectivity index (χ3n) is 3.44. The molecule has 2 rings (SSSR count). The van der Waals surface area contributed by atoms with Crippen molar-refractivity contribution in [2.45, 2.75) is 38.6 Å². The van der Waals surface area contributed by atoms with Crippen molar-refractivity contribution in [3.05, 3.63) is 35.4 Å². The van der Waals surface area contributed by atoms with Crippen molar-refractivity contribution < 1.29 is 4.79 Å². The quantitative estimate of drug-likeness (QED) is 0.862. The third kappa shape index (κ3) is 3.59. The van der Waals surface area contributed by atoms with Crippen LogP contribution in [0, 0.1) is 17.2 Å². The largest absolute Gasteiger partial charge is 0.353 e. The molecule has 1 saturated carbocycles. The summed E-state index contributed by atoms with van der Waals surface area (Å²) in [5, 5.41) is 11.7. The van der Waals surface area contributed by atoms with Gasteiger partial charge in [-0.2, -0.15) is 5.26 Å². The molecule has 1 atom stereocenters. The maximum Gasteiger partial charge on any atom is 0.220 e. The highest BCUT2D eigenvalue weighted by Crippen LogP contribution is 2.32. The SMILES string of the molecule is CC(NC(=O)CCc1ccc(C#N)cc1)C1CC1. The summed E-state index contributed by atoms with van der Waals surface area (Å²) in [5.74, 6) is 0.822. The van der Waals surface area contributed by atoms with E-state index in [0.29, 0.717) is 23.9 Å². The number of nitriles is 1. The Bertz CT molecular complexity index is 454. The Morgan fingerprint density at radius 3 is 2.67 bits per heavy atom. The highest BCUT2D eigenvalue weighted by molar-refractivity contribution is 5.76. The molecule has 1 unspecified atom stereocenters. The lowest BCUT2D eigenvalue weighted by atomic mass is 10.1. The smallest absolute Gasteiger partial charge is 0.220 e. The van der Waals surface area contributed by atoms with Crippen molar-refractivity contribution in [2.75, 3.05) is 0 Å². The number of rotatable bonds is 5. The number of hydrogen-bond acceptors (Lipinski definition) is 2. The number of nitrogens with one attached hydrogen (secondary N) is 1. The molecule has 3 nitrogen and oxygen atoms in total. The second kappa shape index (κ2) is 5.68. The second-order valence-electron chi connectivity index (χ2n) is 5.00. The Morgan fingerprint density at radius 2 is 2.11 bits per heavy atom. The second-order valence-corrected chi connectivity index (χ2v) is 5.00. The van der Waals surface area contributed by atoms with Gasteiger partial charge in [0.25, 0.3) is 0 Å². The van der Waals surface area contributed by atoms with Gasteiger partial charge in [0.05, 0.1) is 11.6 Å². The molecule has 1 N–H and O–H groups in total. The van der Waals surface area contributed by atoms with Crippen LogP contribution in [0.25, 0.3) is 0 Å². The first kappa shape index (κ1) is 12.6. The van der Waals surface area contributed by atoms with E-state index in [4.69, 9.17) is 5.26 Å². The van der Waals surface area contributed by atoms with Gasteiger partial charge in [0, 0.05) is 12.5 Å². The molecule has 1 fully saturated rings. The molecular weight excluding hydrogens is 224 g/mol. The van der Waals surface area contributed by atoms with Gasteiger partial charge in [0.2, 0.25) is 5.91 Å². The Morgan fingerprint density at radius 1 is 1.44 bits per heavy atom. The summed E-state index contributed by atoms with van der Waals surface area (Å²) >= 11 is 0. The van der Waals surface area contributed by atoms with Gasteiger partial charge in [-0.3, -0.25) is 4.79 Å². The third-order valence-corrected chi connectivity index (χ3v) is 3.44. The van der Waals surface area contributed by atoms with E-state index in [9.17, 15) is 4.79 Å². The number of aryl methyl sites for hydroxylation is 1. The predicted octanol–water partition coefficient (Wildman–Crippen LogP) is 2.41. The van der Waals surface area contributed by atoms with Crippen LogP contribution in [0.2, 0.25) is 0 Å². The number of benzene rings is 1. The van der Waals surface area contributed by atoms with Crippen molar-refractivity contribution in [1.82, 2.24) is 5.32 Å². The minimum Gasteiger partial charge on any atom is -0.353 e. The number of carbonyl (C=O) groups is 1. The van der Waals surface area contributed by atoms with Crippen LogP contribution in [0.3, 0.4) is 0 Å². The number of nitrogens with zero attached hydrogens (tertiary/aromatic N) is 1. The fraction of sp³-hybridized carbons (Fsp3) is 0.467. The van der Waals surface area contributed by atoms with Crippen LogP contribution >= 0.6 is 0 Å². The molecule has 0 aliphatic heterocycles. The summed E-state index contributed by atoms with van der Waals surface area (Å²) in [6, 6.07) is 9.81. The summed E-state index contributed by atoms with van der Waals surface area (Å²) < 4.78 is 0. The molecule has 0 saturated heterocycles. The molecule has 1 aliphatic rings. The molecule has 1 amide bonds. The average Bonchev–Trinajstić information content (AvgIpc) is 3.21. The maximum absolute atomic E-state index is 11.7. The molecule has 94 valence electrons. The van der Waals surface area contributed by atoms with E-state index in [0.717, 1.165) is 12.0 Å². The summed E-state index contributed by atoms with van der Waals surface area (Å²) in [6.45, 7) is 2.08. The van der Waals surface area contributed by atoms with Crippen LogP contribution in [-0.4, -0.2) is 11.9 Å². The molecule has 1 aromatic carbocycles. The molecule has 3 heteroatoms. The fourth-order valence-corrected chi connectivity index (χ4v) is 2.04. The van der Waals surface area contributed by atoms with Crippen molar-refractivity contribution in [1.29, 1.82) is 5.26 Å². The summed E-state index contributed by atoms with van der Waals surface area (Å²) in [6.07, 6.45) is 3.74. The predicted molar refractivity (Wildman–Crippen MR) is 69.8 cm³/mol. The van der Waals surface area contributed by atoms with Crippen LogP contribution < -0.4 is 5.32 Å². The molecule has 0 aromatic heterocycles. The van der Waals surface area contributed by atoms with Gasteiger partial charge in [-0.25, -0.2) is 0 Å². The Balaban J connectivity index is 1.76. The lowest BCUT2D eigenvalue weighted by Gasteiger charge is -2.12. The zero-order valence-electron chi connectivity index (χ0n) is 10.6. The van der Waals surface area contributed by atoms with Gasteiger partial charge >= 0.3 is 0 Å². The minimum absolute atomic E-state index is 0.124. The monoisotopic (exact) mass is 242 g/mol. The zero-order valence-corrected chi connectivity index (χ0v) is 10.6. The lowest BCUT2D eigenvalue weighted by Crippen LogP contribution is -2.34. The van der Waals surface area contributed by atoms with Crippen molar-refractivity contribution in [3.63, 3.8) is 0 Å². The van der Waals surface area contributed by atoms with Gasteiger partial charge in [-0.1, -0.05) is 12.1 Å². The van der Waals surface area contributed by atoms with E-state index in [-0.39, 0.29) is 5.91 Å². The van der Waals surface area contributed by atoms with Crippen LogP contribution in [0.15, 0.2) is 24.3 Å². The van der Waals surface area contributed by atoms with Crippen molar-refractivity contribution >= 4 is 5.91 Å². The molecule has 0 heterocycles. The molecule has 0 bridgehead atoms. The van der Waals surface area contributed by atoms with Crippen LogP contribution in [0.1, 0.15) is 37.3 Å². The van der Waals surface area contributed by atoms with Gasteiger partial charge in [0.1, 0.15) is 0 Å². The van der Waals surface area contributed by atoms with E-state index in [2.05, 4.69) is 18.3 Å². The molecule has 0 radical (unpaired) electrons. The van der Waals surface area contributed by atoms with Crippen LogP contribution in [-0.2, 0) is 11.2 Å². The summed E-state index contributed by atoms with van der Waals surface area (Å²) in [4.78, 5) is 11.7. The van der Waals surface area contributed by atoms with Crippen molar-refractivity contribution in [2.24, 2.45) is 5.92 Å². The van der Waals surface area contributed by atoms with E-state index < -0.39 is 0 Å². The fourth-order valence-electron chi connectivity index (χ4n) is 2.04. The molecule has 0 spiro atoms.